The second-order valence-electron chi connectivity index (χ2n) is 4.52. The average molecular weight is 292 g/mol. The smallest absolute Gasteiger partial charge is 0.261 e. The first-order valence-corrected chi connectivity index (χ1v) is 6.37. The Morgan fingerprint density at radius 3 is 2.62 bits per heavy atom. The van der Waals surface area contributed by atoms with E-state index in [2.05, 4.69) is 5.32 Å². The molecule has 0 spiro atoms. The average Bonchev–Trinajstić information content (AvgIpc) is 2.68. The number of ether oxygens (including phenoxy) is 2. The summed E-state index contributed by atoms with van der Waals surface area (Å²) >= 11 is 0. The fourth-order valence-electron chi connectivity index (χ4n) is 1.94. The fraction of sp³-hybridized carbons (Fsp3) is 0.357. The standard InChI is InChI=1S/C14H16N2O5/c1-16-13(18)10-4-3-9(7-11(10)14(16)19)15-12(17)8-21-6-5-20-2/h3-4,7H,5-6,8H2,1-2H3,(H,15,17). The molecule has 0 saturated heterocycles. The van der Waals surface area contributed by atoms with Crippen molar-refractivity contribution < 1.29 is 23.9 Å². The second-order valence-corrected chi connectivity index (χ2v) is 4.52. The summed E-state index contributed by atoms with van der Waals surface area (Å²) < 4.78 is 9.88. The van der Waals surface area contributed by atoms with Crippen LogP contribution in [0.2, 0.25) is 0 Å². The third kappa shape index (κ3) is 3.26. The molecule has 1 aliphatic rings. The Bertz CT molecular complexity index is 585. The van der Waals surface area contributed by atoms with Crippen molar-refractivity contribution in [2.75, 3.05) is 39.3 Å². The van der Waals surface area contributed by atoms with Crippen molar-refractivity contribution in [2.45, 2.75) is 0 Å². The molecule has 0 radical (unpaired) electrons. The molecule has 7 nitrogen and oxygen atoms in total. The predicted molar refractivity (Wildman–Crippen MR) is 74.2 cm³/mol. The molecule has 0 atom stereocenters. The van der Waals surface area contributed by atoms with Gasteiger partial charge in [0.15, 0.2) is 0 Å². The highest BCUT2D eigenvalue weighted by Crippen LogP contribution is 2.24. The van der Waals surface area contributed by atoms with Crippen molar-refractivity contribution in [2.24, 2.45) is 0 Å². The number of carbonyl (C=O) groups is 3. The van der Waals surface area contributed by atoms with Gasteiger partial charge in [-0.3, -0.25) is 19.3 Å². The lowest BCUT2D eigenvalue weighted by molar-refractivity contribution is -0.121. The minimum atomic E-state index is -0.373. The number of amides is 3. The van der Waals surface area contributed by atoms with Crippen molar-refractivity contribution >= 4 is 23.4 Å². The van der Waals surface area contributed by atoms with E-state index < -0.39 is 0 Å². The van der Waals surface area contributed by atoms with Crippen LogP contribution < -0.4 is 5.32 Å². The van der Waals surface area contributed by atoms with Gasteiger partial charge in [-0.1, -0.05) is 0 Å². The SMILES string of the molecule is COCCOCC(=O)Nc1ccc2c(c1)C(=O)N(C)C2=O. The summed E-state index contributed by atoms with van der Waals surface area (Å²) in [7, 11) is 2.97. The largest absolute Gasteiger partial charge is 0.382 e. The van der Waals surface area contributed by atoms with Gasteiger partial charge in [0.2, 0.25) is 5.91 Å². The quantitative estimate of drug-likeness (QED) is 0.610. The minimum absolute atomic E-state index is 0.104. The van der Waals surface area contributed by atoms with Crippen LogP contribution in [0.5, 0.6) is 0 Å². The van der Waals surface area contributed by atoms with Crippen molar-refractivity contribution in [1.29, 1.82) is 0 Å². The number of benzene rings is 1. The zero-order valence-corrected chi connectivity index (χ0v) is 11.8. The summed E-state index contributed by atoms with van der Waals surface area (Å²) in [4.78, 5) is 36.3. The zero-order valence-electron chi connectivity index (χ0n) is 11.8. The van der Waals surface area contributed by atoms with E-state index in [0.29, 0.717) is 30.0 Å². The Labute approximate surface area is 121 Å². The normalized spacial score (nSPS) is 13.5. The molecule has 1 heterocycles. The maximum Gasteiger partial charge on any atom is 0.261 e. The number of fused-ring (bicyclic) bond motifs is 1. The van der Waals surface area contributed by atoms with Crippen molar-refractivity contribution in [1.82, 2.24) is 4.90 Å². The number of hydrogen-bond acceptors (Lipinski definition) is 5. The first-order valence-electron chi connectivity index (χ1n) is 6.37. The summed E-state index contributed by atoms with van der Waals surface area (Å²) in [6.07, 6.45) is 0. The first kappa shape index (κ1) is 15.1. The van der Waals surface area contributed by atoms with Crippen molar-refractivity contribution in [3.8, 4) is 0 Å². The van der Waals surface area contributed by atoms with Crippen molar-refractivity contribution in [3.05, 3.63) is 29.3 Å². The molecular weight excluding hydrogens is 276 g/mol. The monoisotopic (exact) mass is 292 g/mol. The van der Waals surface area contributed by atoms with Crippen LogP contribution in [0.25, 0.3) is 0 Å². The number of nitrogens with zero attached hydrogens (tertiary/aromatic N) is 1. The van der Waals surface area contributed by atoms with Crippen LogP contribution in [-0.4, -0.2) is 56.6 Å². The van der Waals surface area contributed by atoms with Gasteiger partial charge in [-0.25, -0.2) is 0 Å². The summed E-state index contributed by atoms with van der Waals surface area (Å²) in [6, 6.07) is 4.60. The number of imide groups is 1. The molecule has 0 saturated carbocycles. The van der Waals surface area contributed by atoms with E-state index in [1.54, 1.807) is 13.2 Å². The van der Waals surface area contributed by atoms with Gasteiger partial charge in [-0.2, -0.15) is 0 Å². The van der Waals surface area contributed by atoms with Gasteiger partial charge >= 0.3 is 0 Å². The molecule has 0 aromatic heterocycles. The predicted octanol–water partition coefficient (Wildman–Crippen LogP) is 0.514. The van der Waals surface area contributed by atoms with Gasteiger partial charge in [-0.15, -0.1) is 0 Å². The molecule has 1 aliphatic heterocycles. The van der Waals surface area contributed by atoms with E-state index in [0.717, 1.165) is 4.90 Å². The van der Waals surface area contributed by atoms with Gasteiger partial charge in [0.05, 0.1) is 24.3 Å². The Morgan fingerprint density at radius 2 is 1.90 bits per heavy atom. The van der Waals surface area contributed by atoms with Gasteiger partial charge < -0.3 is 14.8 Å². The number of methoxy groups -OCH3 is 1. The molecule has 2 rings (SSSR count). The highest BCUT2D eigenvalue weighted by Gasteiger charge is 2.32. The summed E-state index contributed by atoms with van der Waals surface area (Å²) in [5, 5.41) is 2.61. The van der Waals surface area contributed by atoms with E-state index in [1.807, 2.05) is 0 Å². The van der Waals surface area contributed by atoms with Crippen LogP contribution in [0.15, 0.2) is 18.2 Å². The van der Waals surface area contributed by atoms with Crippen LogP contribution in [-0.2, 0) is 14.3 Å². The maximum absolute atomic E-state index is 11.8. The molecule has 0 fully saturated rings. The molecule has 112 valence electrons. The molecule has 0 unspecified atom stereocenters. The van der Waals surface area contributed by atoms with Gasteiger partial charge in [0.1, 0.15) is 6.61 Å². The first-order chi connectivity index (χ1) is 10.0. The number of hydrogen-bond donors (Lipinski definition) is 1. The number of carbonyl (C=O) groups excluding carboxylic acids is 3. The number of nitrogens with one attached hydrogen (secondary N) is 1. The molecular formula is C14H16N2O5. The van der Waals surface area contributed by atoms with Crippen LogP contribution in [0, 0.1) is 0 Å². The Hall–Kier alpha value is -2.25. The topological polar surface area (TPSA) is 84.9 Å². The van der Waals surface area contributed by atoms with E-state index in [9.17, 15) is 14.4 Å². The molecule has 0 aliphatic carbocycles. The van der Waals surface area contributed by atoms with Crippen molar-refractivity contribution in [3.63, 3.8) is 0 Å². The molecule has 21 heavy (non-hydrogen) atoms. The molecule has 1 N–H and O–H groups in total. The fourth-order valence-corrected chi connectivity index (χ4v) is 1.94. The second kappa shape index (κ2) is 6.47. The van der Waals surface area contributed by atoms with Crippen LogP contribution >= 0.6 is 0 Å². The number of rotatable bonds is 6. The molecule has 0 bridgehead atoms. The van der Waals surface area contributed by atoms with E-state index in [1.165, 1.54) is 19.2 Å². The minimum Gasteiger partial charge on any atom is -0.382 e. The number of anilines is 1. The Kier molecular flexibility index (Phi) is 4.66. The third-order valence-corrected chi connectivity index (χ3v) is 3.04. The Morgan fingerprint density at radius 1 is 1.19 bits per heavy atom. The van der Waals surface area contributed by atoms with E-state index >= 15 is 0 Å². The highest BCUT2D eigenvalue weighted by molar-refractivity contribution is 6.21. The van der Waals surface area contributed by atoms with E-state index in [-0.39, 0.29) is 24.3 Å². The van der Waals surface area contributed by atoms with Gasteiger partial charge in [-0.05, 0) is 18.2 Å². The van der Waals surface area contributed by atoms with Crippen LogP contribution in [0.4, 0.5) is 5.69 Å². The van der Waals surface area contributed by atoms with E-state index in [4.69, 9.17) is 9.47 Å². The molecule has 7 heteroatoms. The third-order valence-electron chi connectivity index (χ3n) is 3.04. The summed E-state index contributed by atoms with van der Waals surface area (Å²) in [5.41, 5.74) is 1.09. The molecule has 1 aromatic rings. The summed E-state index contributed by atoms with van der Waals surface area (Å²) in [5.74, 6) is -1.05. The molecule has 1 aromatic carbocycles. The van der Waals surface area contributed by atoms with Gasteiger partial charge in [0.25, 0.3) is 11.8 Å². The van der Waals surface area contributed by atoms with Gasteiger partial charge in [0, 0.05) is 19.8 Å². The molecule has 3 amide bonds. The van der Waals surface area contributed by atoms with Crippen LogP contribution in [0.1, 0.15) is 20.7 Å². The zero-order chi connectivity index (χ0) is 15.4. The lowest BCUT2D eigenvalue weighted by Crippen LogP contribution is -2.24. The lowest BCUT2D eigenvalue weighted by Gasteiger charge is -2.07. The Balaban J connectivity index is 1.99. The van der Waals surface area contributed by atoms with Crippen LogP contribution in [0.3, 0.4) is 0 Å². The highest BCUT2D eigenvalue weighted by atomic mass is 16.5. The maximum atomic E-state index is 11.8. The lowest BCUT2D eigenvalue weighted by atomic mass is 10.1. The summed E-state index contributed by atoms with van der Waals surface area (Å²) in [6.45, 7) is 0.633.